The van der Waals surface area contributed by atoms with Crippen LogP contribution in [0.4, 0.5) is 11.6 Å². The fourth-order valence-corrected chi connectivity index (χ4v) is 3.16. The van der Waals surface area contributed by atoms with Crippen LogP contribution < -0.4 is 10.2 Å². The van der Waals surface area contributed by atoms with Crippen molar-refractivity contribution < 1.29 is 4.79 Å². The molecule has 0 saturated heterocycles. The largest absolute Gasteiger partial charge is 0.348 e. The summed E-state index contributed by atoms with van der Waals surface area (Å²) in [5.41, 5.74) is 1.45. The molecule has 1 N–H and O–H groups in total. The van der Waals surface area contributed by atoms with Crippen LogP contribution in [0.3, 0.4) is 0 Å². The van der Waals surface area contributed by atoms with Crippen LogP contribution in [-0.4, -0.2) is 28.5 Å². The average Bonchev–Trinajstić information content (AvgIpc) is 2.64. The first kappa shape index (κ1) is 16.4. The number of rotatable bonds is 5. The number of aromatic nitrogens is 2. The number of hydrogen-bond donors (Lipinski definition) is 1. The molecule has 1 heterocycles. The Morgan fingerprint density at radius 1 is 1.17 bits per heavy atom. The SMILES string of the molecule is CCN(c1ccccc1)c1nccc(C(=O)NC2CCCCC2)n1. The zero-order valence-corrected chi connectivity index (χ0v) is 14.1. The highest BCUT2D eigenvalue weighted by atomic mass is 16.1. The molecule has 0 radical (unpaired) electrons. The van der Waals surface area contributed by atoms with Crippen molar-refractivity contribution in [3.05, 3.63) is 48.3 Å². The standard InChI is InChI=1S/C19H24N4O/c1-2-23(16-11-7-4-8-12-16)19-20-14-13-17(22-19)18(24)21-15-9-5-3-6-10-15/h4,7-8,11-15H,2-3,5-6,9-10H2,1H3,(H,21,24). The second-order valence-corrected chi connectivity index (χ2v) is 6.13. The van der Waals surface area contributed by atoms with Crippen LogP contribution in [0.1, 0.15) is 49.5 Å². The summed E-state index contributed by atoms with van der Waals surface area (Å²) in [5, 5.41) is 3.11. The van der Waals surface area contributed by atoms with E-state index in [4.69, 9.17) is 0 Å². The Labute approximate surface area is 143 Å². The summed E-state index contributed by atoms with van der Waals surface area (Å²) in [7, 11) is 0. The third-order valence-corrected chi connectivity index (χ3v) is 4.44. The second-order valence-electron chi connectivity index (χ2n) is 6.13. The molecule has 1 aromatic heterocycles. The first-order chi connectivity index (χ1) is 11.8. The van der Waals surface area contributed by atoms with Gasteiger partial charge in [-0.2, -0.15) is 0 Å². The lowest BCUT2D eigenvalue weighted by Crippen LogP contribution is -2.36. The van der Waals surface area contributed by atoms with Crippen LogP contribution in [0, 0.1) is 0 Å². The van der Waals surface area contributed by atoms with E-state index in [0.717, 1.165) is 25.1 Å². The Bertz CT molecular complexity index is 668. The van der Waals surface area contributed by atoms with Gasteiger partial charge in [0, 0.05) is 24.5 Å². The van der Waals surface area contributed by atoms with Gasteiger partial charge in [-0.3, -0.25) is 4.79 Å². The smallest absolute Gasteiger partial charge is 0.270 e. The summed E-state index contributed by atoms with van der Waals surface area (Å²) < 4.78 is 0. The molecule has 5 heteroatoms. The van der Waals surface area contributed by atoms with E-state index in [0.29, 0.717) is 11.6 Å². The molecule has 24 heavy (non-hydrogen) atoms. The number of nitrogens with zero attached hydrogens (tertiary/aromatic N) is 3. The van der Waals surface area contributed by atoms with Crippen LogP contribution in [0.15, 0.2) is 42.6 Å². The van der Waals surface area contributed by atoms with Crippen LogP contribution in [0.5, 0.6) is 0 Å². The van der Waals surface area contributed by atoms with E-state index >= 15 is 0 Å². The van der Waals surface area contributed by atoms with Gasteiger partial charge in [0.2, 0.25) is 5.95 Å². The third-order valence-electron chi connectivity index (χ3n) is 4.44. The van der Waals surface area contributed by atoms with E-state index in [1.165, 1.54) is 19.3 Å². The lowest BCUT2D eigenvalue weighted by atomic mass is 9.95. The Balaban J connectivity index is 1.76. The molecule has 0 spiro atoms. The second kappa shape index (κ2) is 7.90. The van der Waals surface area contributed by atoms with Gasteiger partial charge in [-0.05, 0) is 38.0 Å². The van der Waals surface area contributed by atoms with Crippen molar-refractivity contribution >= 4 is 17.5 Å². The quantitative estimate of drug-likeness (QED) is 0.911. The molecular formula is C19H24N4O. The molecule has 1 fully saturated rings. The number of carbonyl (C=O) groups excluding carboxylic acids is 1. The minimum atomic E-state index is -0.102. The van der Waals surface area contributed by atoms with Gasteiger partial charge >= 0.3 is 0 Å². The molecule has 1 saturated carbocycles. The van der Waals surface area contributed by atoms with Gasteiger partial charge in [-0.25, -0.2) is 9.97 Å². The van der Waals surface area contributed by atoms with Gasteiger partial charge in [-0.15, -0.1) is 0 Å². The van der Waals surface area contributed by atoms with E-state index in [2.05, 4.69) is 15.3 Å². The molecule has 2 aromatic rings. The number of para-hydroxylation sites is 1. The fourth-order valence-electron chi connectivity index (χ4n) is 3.16. The molecule has 3 rings (SSSR count). The zero-order valence-electron chi connectivity index (χ0n) is 14.1. The monoisotopic (exact) mass is 324 g/mol. The van der Waals surface area contributed by atoms with Crippen molar-refractivity contribution in [1.82, 2.24) is 15.3 Å². The summed E-state index contributed by atoms with van der Waals surface area (Å²) in [6, 6.07) is 11.9. The van der Waals surface area contributed by atoms with Crippen molar-refractivity contribution in [3.63, 3.8) is 0 Å². The van der Waals surface area contributed by atoms with Gasteiger partial charge in [0.25, 0.3) is 5.91 Å². The van der Waals surface area contributed by atoms with E-state index in [1.807, 2.05) is 42.2 Å². The molecule has 5 nitrogen and oxygen atoms in total. The average molecular weight is 324 g/mol. The number of anilines is 2. The van der Waals surface area contributed by atoms with E-state index in [-0.39, 0.29) is 11.9 Å². The normalized spacial score (nSPS) is 15.0. The zero-order chi connectivity index (χ0) is 16.8. The van der Waals surface area contributed by atoms with Crippen molar-refractivity contribution in [1.29, 1.82) is 0 Å². The molecule has 126 valence electrons. The van der Waals surface area contributed by atoms with E-state index < -0.39 is 0 Å². The number of nitrogens with one attached hydrogen (secondary N) is 1. The van der Waals surface area contributed by atoms with Crippen LogP contribution in [-0.2, 0) is 0 Å². The Hall–Kier alpha value is -2.43. The Morgan fingerprint density at radius 3 is 2.62 bits per heavy atom. The molecule has 0 unspecified atom stereocenters. The molecule has 1 aromatic carbocycles. The van der Waals surface area contributed by atoms with Crippen LogP contribution in [0.2, 0.25) is 0 Å². The number of benzene rings is 1. The van der Waals surface area contributed by atoms with Crippen molar-refractivity contribution in [3.8, 4) is 0 Å². The van der Waals surface area contributed by atoms with Crippen molar-refractivity contribution in [2.75, 3.05) is 11.4 Å². The highest BCUT2D eigenvalue weighted by Gasteiger charge is 2.19. The summed E-state index contributed by atoms with van der Waals surface area (Å²) >= 11 is 0. The maximum absolute atomic E-state index is 12.5. The predicted octanol–water partition coefficient (Wildman–Crippen LogP) is 3.70. The lowest BCUT2D eigenvalue weighted by Gasteiger charge is -2.23. The maximum Gasteiger partial charge on any atom is 0.270 e. The Kier molecular flexibility index (Phi) is 5.41. The minimum Gasteiger partial charge on any atom is -0.348 e. The van der Waals surface area contributed by atoms with Gasteiger partial charge in [0.15, 0.2) is 0 Å². The fraction of sp³-hybridized carbons (Fsp3) is 0.421. The number of hydrogen-bond acceptors (Lipinski definition) is 4. The third kappa shape index (κ3) is 3.91. The summed E-state index contributed by atoms with van der Waals surface area (Å²) in [6.07, 6.45) is 7.44. The molecule has 1 aliphatic carbocycles. The minimum absolute atomic E-state index is 0.102. The number of amides is 1. The van der Waals surface area contributed by atoms with Gasteiger partial charge in [0.1, 0.15) is 5.69 Å². The first-order valence-electron chi connectivity index (χ1n) is 8.74. The van der Waals surface area contributed by atoms with Gasteiger partial charge in [-0.1, -0.05) is 37.5 Å². The summed E-state index contributed by atoms with van der Waals surface area (Å²) in [6.45, 7) is 2.78. The molecular weight excluding hydrogens is 300 g/mol. The maximum atomic E-state index is 12.5. The molecule has 1 amide bonds. The van der Waals surface area contributed by atoms with E-state index in [1.54, 1.807) is 12.3 Å². The van der Waals surface area contributed by atoms with Gasteiger partial charge < -0.3 is 10.2 Å². The molecule has 0 atom stereocenters. The Morgan fingerprint density at radius 2 is 1.92 bits per heavy atom. The topological polar surface area (TPSA) is 58.1 Å². The van der Waals surface area contributed by atoms with Crippen LogP contribution >= 0.6 is 0 Å². The molecule has 0 bridgehead atoms. The molecule has 1 aliphatic rings. The van der Waals surface area contributed by atoms with E-state index in [9.17, 15) is 4.79 Å². The first-order valence-corrected chi connectivity index (χ1v) is 8.74. The highest BCUT2D eigenvalue weighted by molar-refractivity contribution is 5.92. The van der Waals surface area contributed by atoms with Crippen molar-refractivity contribution in [2.45, 2.75) is 45.1 Å². The summed E-state index contributed by atoms with van der Waals surface area (Å²) in [4.78, 5) is 23.3. The van der Waals surface area contributed by atoms with Crippen molar-refractivity contribution in [2.24, 2.45) is 0 Å². The highest BCUT2D eigenvalue weighted by Crippen LogP contribution is 2.21. The summed E-state index contributed by atoms with van der Waals surface area (Å²) in [5.74, 6) is 0.453. The lowest BCUT2D eigenvalue weighted by molar-refractivity contribution is 0.0922. The van der Waals surface area contributed by atoms with Gasteiger partial charge in [0.05, 0.1) is 0 Å². The predicted molar refractivity (Wildman–Crippen MR) is 95.5 cm³/mol. The number of carbonyl (C=O) groups is 1. The molecule has 0 aliphatic heterocycles. The van der Waals surface area contributed by atoms with Crippen LogP contribution in [0.25, 0.3) is 0 Å².